The quantitative estimate of drug-likeness (QED) is 0.841. The lowest BCUT2D eigenvalue weighted by Gasteiger charge is -2.31. The molecule has 0 atom stereocenters. The molecule has 1 amide bonds. The number of carbonyl (C=O) groups excluding carboxylic acids is 1. The van der Waals surface area contributed by atoms with Crippen molar-refractivity contribution in [3.05, 3.63) is 29.8 Å². The van der Waals surface area contributed by atoms with Crippen molar-refractivity contribution in [2.45, 2.75) is 38.8 Å². The van der Waals surface area contributed by atoms with Gasteiger partial charge in [0, 0.05) is 19.8 Å². The second-order valence-electron chi connectivity index (χ2n) is 6.30. The Bertz CT molecular complexity index is 496. The third-order valence-corrected chi connectivity index (χ3v) is 3.77. The zero-order valence-corrected chi connectivity index (χ0v) is 13.4. The lowest BCUT2D eigenvalue weighted by Crippen LogP contribution is -2.56. The van der Waals surface area contributed by atoms with Crippen LogP contribution in [-0.2, 0) is 16.1 Å². The number of nitrogens with two attached hydrogens (primary N) is 1. The lowest BCUT2D eigenvalue weighted by atomic mass is 9.90. The molecule has 1 heterocycles. The maximum Gasteiger partial charge on any atom is 0.240 e. The number of nitrogens with one attached hydrogen (secondary N) is 1. The van der Waals surface area contributed by atoms with Gasteiger partial charge in [-0.25, -0.2) is 0 Å². The van der Waals surface area contributed by atoms with Crippen molar-refractivity contribution in [2.75, 3.05) is 19.8 Å². The van der Waals surface area contributed by atoms with Gasteiger partial charge in [-0.15, -0.1) is 0 Å². The van der Waals surface area contributed by atoms with E-state index in [-0.39, 0.29) is 5.91 Å². The van der Waals surface area contributed by atoms with Gasteiger partial charge in [0.05, 0.1) is 12.1 Å². The van der Waals surface area contributed by atoms with Crippen LogP contribution in [0.5, 0.6) is 5.75 Å². The smallest absolute Gasteiger partial charge is 0.240 e. The molecule has 22 heavy (non-hydrogen) atoms. The molecule has 122 valence electrons. The van der Waals surface area contributed by atoms with Crippen LogP contribution in [0, 0.1) is 5.92 Å². The van der Waals surface area contributed by atoms with Crippen molar-refractivity contribution in [1.82, 2.24) is 5.32 Å². The van der Waals surface area contributed by atoms with E-state index in [1.54, 1.807) is 0 Å². The topological polar surface area (TPSA) is 73.6 Å². The summed E-state index contributed by atoms with van der Waals surface area (Å²) < 4.78 is 11.0. The van der Waals surface area contributed by atoms with Gasteiger partial charge in [-0.3, -0.25) is 4.79 Å². The molecule has 5 heteroatoms. The Morgan fingerprint density at radius 2 is 2.14 bits per heavy atom. The number of hydrogen-bond donors (Lipinski definition) is 2. The summed E-state index contributed by atoms with van der Waals surface area (Å²) in [6.45, 7) is 6.45. The standard InChI is InChI=1S/C17H26N2O3/c1-13(2)12-22-15-5-3-4-14(10-15)11-19-16(20)17(18)6-8-21-9-7-17/h3-5,10,13H,6-9,11-12,18H2,1-2H3,(H,19,20). The maximum atomic E-state index is 12.3. The molecule has 1 fully saturated rings. The highest BCUT2D eigenvalue weighted by Crippen LogP contribution is 2.18. The van der Waals surface area contributed by atoms with E-state index in [0.717, 1.165) is 11.3 Å². The molecule has 0 spiro atoms. The number of rotatable bonds is 6. The van der Waals surface area contributed by atoms with Gasteiger partial charge in [-0.05, 0) is 36.5 Å². The summed E-state index contributed by atoms with van der Waals surface area (Å²) in [4.78, 5) is 12.3. The average Bonchev–Trinajstić information content (AvgIpc) is 2.51. The highest BCUT2D eigenvalue weighted by molar-refractivity contribution is 5.86. The van der Waals surface area contributed by atoms with Crippen molar-refractivity contribution < 1.29 is 14.3 Å². The van der Waals surface area contributed by atoms with Crippen molar-refractivity contribution in [1.29, 1.82) is 0 Å². The largest absolute Gasteiger partial charge is 0.493 e. The second kappa shape index (κ2) is 7.61. The molecule has 0 saturated carbocycles. The summed E-state index contributed by atoms with van der Waals surface area (Å²) in [5.41, 5.74) is 6.36. The van der Waals surface area contributed by atoms with Crippen LogP contribution in [0.15, 0.2) is 24.3 Å². The van der Waals surface area contributed by atoms with E-state index in [1.807, 2.05) is 24.3 Å². The molecule has 0 radical (unpaired) electrons. The third kappa shape index (κ3) is 4.71. The van der Waals surface area contributed by atoms with Gasteiger partial charge in [0.15, 0.2) is 0 Å². The first-order chi connectivity index (χ1) is 10.5. The fourth-order valence-electron chi connectivity index (χ4n) is 2.33. The first kappa shape index (κ1) is 16.8. The van der Waals surface area contributed by atoms with E-state index in [1.165, 1.54) is 0 Å². The molecule has 5 nitrogen and oxygen atoms in total. The van der Waals surface area contributed by atoms with Crippen LogP contribution in [-0.4, -0.2) is 31.3 Å². The van der Waals surface area contributed by atoms with Gasteiger partial charge >= 0.3 is 0 Å². The fraction of sp³-hybridized carbons (Fsp3) is 0.588. The first-order valence-electron chi connectivity index (χ1n) is 7.86. The maximum absolute atomic E-state index is 12.3. The van der Waals surface area contributed by atoms with Crippen LogP contribution in [0.3, 0.4) is 0 Å². The van der Waals surface area contributed by atoms with Crippen LogP contribution in [0.1, 0.15) is 32.3 Å². The van der Waals surface area contributed by atoms with E-state index >= 15 is 0 Å². The van der Waals surface area contributed by atoms with E-state index in [2.05, 4.69) is 19.2 Å². The van der Waals surface area contributed by atoms with Gasteiger partial charge < -0.3 is 20.5 Å². The molecule has 1 saturated heterocycles. The van der Waals surface area contributed by atoms with Gasteiger partial charge in [-0.2, -0.15) is 0 Å². The van der Waals surface area contributed by atoms with E-state index in [4.69, 9.17) is 15.2 Å². The van der Waals surface area contributed by atoms with E-state index in [9.17, 15) is 4.79 Å². The SMILES string of the molecule is CC(C)COc1cccc(CNC(=O)C2(N)CCOCC2)c1. The number of ether oxygens (including phenoxy) is 2. The summed E-state index contributed by atoms with van der Waals surface area (Å²) in [7, 11) is 0. The molecule has 0 aromatic heterocycles. The molecular weight excluding hydrogens is 280 g/mol. The number of amides is 1. The third-order valence-electron chi connectivity index (χ3n) is 3.77. The van der Waals surface area contributed by atoms with Gasteiger partial charge in [0.25, 0.3) is 0 Å². The van der Waals surface area contributed by atoms with Crippen LogP contribution in [0.4, 0.5) is 0 Å². The average molecular weight is 306 g/mol. The predicted octanol–water partition coefficient (Wildman–Crippen LogP) is 1.85. The van der Waals surface area contributed by atoms with Crippen LogP contribution in [0.25, 0.3) is 0 Å². The zero-order valence-electron chi connectivity index (χ0n) is 13.4. The molecule has 0 bridgehead atoms. The van der Waals surface area contributed by atoms with Crippen molar-refractivity contribution >= 4 is 5.91 Å². The predicted molar refractivity (Wildman–Crippen MR) is 85.6 cm³/mol. The molecule has 1 aromatic rings. The molecule has 2 rings (SSSR count). The van der Waals surface area contributed by atoms with Gasteiger partial charge in [0.2, 0.25) is 5.91 Å². The summed E-state index contributed by atoms with van der Waals surface area (Å²) >= 11 is 0. The Labute approximate surface area is 132 Å². The van der Waals surface area contributed by atoms with Crippen molar-refractivity contribution in [3.63, 3.8) is 0 Å². The second-order valence-corrected chi connectivity index (χ2v) is 6.30. The minimum atomic E-state index is -0.802. The fourth-order valence-corrected chi connectivity index (χ4v) is 2.33. The summed E-state index contributed by atoms with van der Waals surface area (Å²) in [5.74, 6) is 1.20. The zero-order chi connectivity index (χ0) is 16.0. The van der Waals surface area contributed by atoms with E-state index in [0.29, 0.717) is 45.1 Å². The Hall–Kier alpha value is -1.59. The van der Waals surface area contributed by atoms with Gasteiger partial charge in [0.1, 0.15) is 5.75 Å². The molecular formula is C17H26N2O3. The summed E-state index contributed by atoms with van der Waals surface area (Å²) in [6.07, 6.45) is 1.13. The highest BCUT2D eigenvalue weighted by Gasteiger charge is 2.35. The minimum Gasteiger partial charge on any atom is -0.493 e. The van der Waals surface area contributed by atoms with Crippen LogP contribution in [0.2, 0.25) is 0 Å². The van der Waals surface area contributed by atoms with E-state index < -0.39 is 5.54 Å². The molecule has 3 N–H and O–H groups in total. The molecule has 1 aliphatic heterocycles. The summed E-state index contributed by atoms with van der Waals surface area (Å²) in [5, 5.41) is 2.93. The monoisotopic (exact) mass is 306 g/mol. The van der Waals surface area contributed by atoms with Crippen molar-refractivity contribution in [3.8, 4) is 5.75 Å². The normalized spacial score (nSPS) is 17.3. The first-order valence-corrected chi connectivity index (χ1v) is 7.86. The minimum absolute atomic E-state index is 0.107. The summed E-state index contributed by atoms with van der Waals surface area (Å²) in [6, 6.07) is 7.78. The Morgan fingerprint density at radius 3 is 2.82 bits per heavy atom. The highest BCUT2D eigenvalue weighted by atomic mass is 16.5. The number of benzene rings is 1. The lowest BCUT2D eigenvalue weighted by molar-refractivity contribution is -0.129. The Balaban J connectivity index is 1.88. The van der Waals surface area contributed by atoms with Crippen molar-refractivity contribution in [2.24, 2.45) is 11.7 Å². The van der Waals surface area contributed by atoms with Crippen LogP contribution < -0.4 is 15.8 Å². The number of carbonyl (C=O) groups is 1. The number of hydrogen-bond acceptors (Lipinski definition) is 4. The molecule has 1 aromatic carbocycles. The molecule has 0 unspecified atom stereocenters. The van der Waals surface area contributed by atoms with Gasteiger partial charge in [-0.1, -0.05) is 26.0 Å². The van der Waals surface area contributed by atoms with Crippen LogP contribution >= 0.6 is 0 Å². The molecule has 0 aliphatic carbocycles. The Kier molecular flexibility index (Phi) is 5.80. The molecule has 1 aliphatic rings. The Morgan fingerprint density at radius 1 is 1.41 bits per heavy atom.